The van der Waals surface area contributed by atoms with E-state index in [9.17, 15) is 18.0 Å². The highest BCUT2D eigenvalue weighted by Gasteiger charge is 2.34. The lowest BCUT2D eigenvalue weighted by molar-refractivity contribution is -0.137. The lowest BCUT2D eigenvalue weighted by Gasteiger charge is -2.33. The van der Waals surface area contributed by atoms with E-state index in [4.69, 9.17) is 5.11 Å². The van der Waals surface area contributed by atoms with Gasteiger partial charge in [-0.3, -0.25) is 4.79 Å². The Balaban J connectivity index is 2.24. The van der Waals surface area contributed by atoms with Crippen LogP contribution in [0.25, 0.3) is 0 Å². The molecule has 0 aromatic heterocycles. The summed E-state index contributed by atoms with van der Waals surface area (Å²) < 4.78 is 38.7. The van der Waals surface area contributed by atoms with Gasteiger partial charge in [-0.05, 0) is 37.0 Å². The number of nitrogens with zero attached hydrogens (tertiary/aromatic N) is 1. The summed E-state index contributed by atoms with van der Waals surface area (Å²) in [5.74, 6) is 0.225. The molecule has 0 spiro atoms. The van der Waals surface area contributed by atoms with Crippen LogP contribution in [0.1, 0.15) is 28.8 Å². The van der Waals surface area contributed by atoms with Crippen LogP contribution in [-0.4, -0.2) is 31.1 Å². The Morgan fingerprint density at radius 3 is 2.45 bits per heavy atom. The quantitative estimate of drug-likeness (QED) is 0.869. The molecule has 0 unspecified atom stereocenters. The average Bonchev–Trinajstić information content (AvgIpc) is 2.46. The van der Waals surface area contributed by atoms with Gasteiger partial charge in [0.25, 0.3) is 0 Å². The SMILES string of the molecule is O=Cc1ccc(N2CCC(CO)CC2)cc1C(F)(F)F. The third kappa shape index (κ3) is 3.12. The minimum absolute atomic E-state index is 0.117. The van der Waals surface area contributed by atoms with Crippen LogP contribution in [0.2, 0.25) is 0 Å². The van der Waals surface area contributed by atoms with E-state index in [1.54, 1.807) is 0 Å². The highest BCUT2D eigenvalue weighted by Crippen LogP contribution is 2.34. The van der Waals surface area contributed by atoms with E-state index in [2.05, 4.69) is 0 Å². The molecule has 0 atom stereocenters. The monoisotopic (exact) mass is 287 g/mol. The maximum atomic E-state index is 12.9. The molecule has 1 aliphatic heterocycles. The number of hydrogen-bond donors (Lipinski definition) is 1. The van der Waals surface area contributed by atoms with Crippen molar-refractivity contribution in [3.05, 3.63) is 29.3 Å². The number of alkyl halides is 3. The number of carbonyl (C=O) groups excluding carboxylic acids is 1. The summed E-state index contributed by atoms with van der Waals surface area (Å²) in [6.07, 6.45) is -2.79. The number of aliphatic hydroxyl groups is 1. The molecule has 0 radical (unpaired) electrons. The second-order valence-corrected chi connectivity index (χ2v) is 5.00. The summed E-state index contributed by atoms with van der Waals surface area (Å²) in [6.45, 7) is 1.34. The number of carbonyl (C=O) groups is 1. The molecule has 1 aromatic carbocycles. The van der Waals surface area contributed by atoms with Gasteiger partial charge in [0.1, 0.15) is 0 Å². The predicted octanol–water partition coefficient (Wildman–Crippen LogP) is 2.73. The fourth-order valence-corrected chi connectivity index (χ4v) is 2.46. The van der Waals surface area contributed by atoms with Crippen LogP contribution in [0.15, 0.2) is 18.2 Å². The van der Waals surface area contributed by atoms with Crippen molar-refractivity contribution in [3.63, 3.8) is 0 Å². The Hall–Kier alpha value is -1.56. The molecule has 0 aliphatic carbocycles. The Bertz CT molecular complexity index is 480. The summed E-state index contributed by atoms with van der Waals surface area (Å²) in [5, 5.41) is 9.06. The van der Waals surface area contributed by atoms with E-state index in [0.29, 0.717) is 18.8 Å². The first kappa shape index (κ1) is 14.8. The number of piperidine rings is 1. The van der Waals surface area contributed by atoms with Crippen LogP contribution in [0.3, 0.4) is 0 Å². The van der Waals surface area contributed by atoms with Crippen LogP contribution in [0, 0.1) is 5.92 Å². The maximum Gasteiger partial charge on any atom is 0.417 e. The summed E-state index contributed by atoms with van der Waals surface area (Å²) in [5.41, 5.74) is -0.764. The molecule has 1 aliphatic rings. The maximum absolute atomic E-state index is 12.9. The molecule has 0 saturated carbocycles. The van der Waals surface area contributed by atoms with Gasteiger partial charge in [0, 0.05) is 30.9 Å². The molecule has 6 heteroatoms. The summed E-state index contributed by atoms with van der Waals surface area (Å²) in [6, 6.07) is 3.78. The van der Waals surface area contributed by atoms with Crippen molar-refractivity contribution in [2.75, 3.05) is 24.6 Å². The van der Waals surface area contributed by atoms with Gasteiger partial charge in [0.2, 0.25) is 0 Å². The Kier molecular flexibility index (Phi) is 4.32. The van der Waals surface area contributed by atoms with E-state index in [-0.39, 0.29) is 24.4 Å². The molecule has 20 heavy (non-hydrogen) atoms. The molecule has 1 heterocycles. The normalized spacial score (nSPS) is 17.3. The third-order valence-corrected chi connectivity index (χ3v) is 3.71. The van der Waals surface area contributed by atoms with E-state index in [0.717, 1.165) is 18.9 Å². The second kappa shape index (κ2) is 5.83. The van der Waals surface area contributed by atoms with Gasteiger partial charge < -0.3 is 10.0 Å². The molecule has 0 bridgehead atoms. The number of rotatable bonds is 3. The van der Waals surface area contributed by atoms with Crippen LogP contribution in [0.4, 0.5) is 18.9 Å². The molecule has 1 N–H and O–H groups in total. The molecule has 110 valence electrons. The summed E-state index contributed by atoms with van der Waals surface area (Å²) in [7, 11) is 0. The fourth-order valence-electron chi connectivity index (χ4n) is 2.46. The van der Waals surface area contributed by atoms with Crippen molar-refractivity contribution in [1.29, 1.82) is 0 Å². The molecule has 3 nitrogen and oxygen atoms in total. The molecule has 1 aromatic rings. The number of hydrogen-bond acceptors (Lipinski definition) is 3. The van der Waals surface area contributed by atoms with Crippen molar-refractivity contribution < 1.29 is 23.1 Å². The fraction of sp³-hybridized carbons (Fsp3) is 0.500. The summed E-state index contributed by atoms with van der Waals surface area (Å²) in [4.78, 5) is 12.6. The molecule has 1 fully saturated rings. The van der Waals surface area contributed by atoms with Crippen LogP contribution >= 0.6 is 0 Å². The number of benzene rings is 1. The second-order valence-electron chi connectivity index (χ2n) is 5.00. The zero-order chi connectivity index (χ0) is 14.8. The Morgan fingerprint density at radius 1 is 1.30 bits per heavy atom. The number of aldehydes is 1. The average molecular weight is 287 g/mol. The van der Waals surface area contributed by atoms with E-state index >= 15 is 0 Å². The first-order valence-corrected chi connectivity index (χ1v) is 6.48. The largest absolute Gasteiger partial charge is 0.417 e. The lowest BCUT2D eigenvalue weighted by atomic mass is 9.97. The van der Waals surface area contributed by atoms with Crippen molar-refractivity contribution in [2.24, 2.45) is 5.92 Å². The lowest BCUT2D eigenvalue weighted by Crippen LogP contribution is -2.34. The molecule has 0 amide bonds. The van der Waals surface area contributed by atoms with Gasteiger partial charge in [0.05, 0.1) is 5.56 Å². The van der Waals surface area contributed by atoms with Crippen molar-refractivity contribution >= 4 is 12.0 Å². The van der Waals surface area contributed by atoms with Crippen molar-refractivity contribution in [1.82, 2.24) is 0 Å². The number of aliphatic hydroxyl groups excluding tert-OH is 1. The van der Waals surface area contributed by atoms with E-state index < -0.39 is 11.7 Å². The zero-order valence-electron chi connectivity index (χ0n) is 10.9. The summed E-state index contributed by atoms with van der Waals surface area (Å²) >= 11 is 0. The van der Waals surface area contributed by atoms with Crippen LogP contribution in [0.5, 0.6) is 0 Å². The topological polar surface area (TPSA) is 40.5 Å². The molecular weight excluding hydrogens is 271 g/mol. The standard InChI is InChI=1S/C14H16F3NO2/c15-14(16,17)13-7-12(2-1-11(13)9-20)18-5-3-10(8-19)4-6-18/h1-2,7,9-10,19H,3-6,8H2. The minimum Gasteiger partial charge on any atom is -0.396 e. The van der Waals surface area contributed by atoms with Gasteiger partial charge in [0.15, 0.2) is 6.29 Å². The van der Waals surface area contributed by atoms with Gasteiger partial charge in [-0.2, -0.15) is 13.2 Å². The highest BCUT2D eigenvalue weighted by molar-refractivity contribution is 5.79. The van der Waals surface area contributed by atoms with Crippen molar-refractivity contribution in [2.45, 2.75) is 19.0 Å². The smallest absolute Gasteiger partial charge is 0.396 e. The molecular formula is C14H16F3NO2. The number of halogens is 3. The predicted molar refractivity (Wildman–Crippen MR) is 68.9 cm³/mol. The highest BCUT2D eigenvalue weighted by atomic mass is 19.4. The third-order valence-electron chi connectivity index (χ3n) is 3.71. The Morgan fingerprint density at radius 2 is 1.95 bits per heavy atom. The minimum atomic E-state index is -4.53. The Labute approximate surface area is 115 Å². The van der Waals surface area contributed by atoms with Gasteiger partial charge in [-0.15, -0.1) is 0 Å². The van der Waals surface area contributed by atoms with E-state index in [1.807, 2.05) is 4.90 Å². The van der Waals surface area contributed by atoms with Crippen molar-refractivity contribution in [3.8, 4) is 0 Å². The number of anilines is 1. The molecule has 2 rings (SSSR count). The van der Waals surface area contributed by atoms with Gasteiger partial charge >= 0.3 is 6.18 Å². The first-order valence-electron chi connectivity index (χ1n) is 6.48. The van der Waals surface area contributed by atoms with Gasteiger partial charge in [-0.25, -0.2) is 0 Å². The first-order chi connectivity index (χ1) is 9.45. The zero-order valence-corrected chi connectivity index (χ0v) is 10.9. The van der Waals surface area contributed by atoms with E-state index in [1.165, 1.54) is 12.1 Å². The van der Waals surface area contributed by atoms with Crippen LogP contribution in [-0.2, 0) is 6.18 Å². The van der Waals surface area contributed by atoms with Gasteiger partial charge in [-0.1, -0.05) is 0 Å². The van der Waals surface area contributed by atoms with Crippen LogP contribution < -0.4 is 4.90 Å². The molecule has 1 saturated heterocycles.